The first kappa shape index (κ1) is 15.0. The molecule has 1 atom stereocenters. The summed E-state index contributed by atoms with van der Waals surface area (Å²) in [6.45, 7) is 3.50. The normalized spacial score (nSPS) is 11.9. The maximum Gasteiger partial charge on any atom is 0.751 e. The van der Waals surface area contributed by atoms with E-state index in [2.05, 4.69) is 9.26 Å². The van der Waals surface area contributed by atoms with Crippen LogP contribution < -0.4 is 5.73 Å². The van der Waals surface area contributed by atoms with E-state index in [1.54, 1.807) is 0 Å². The number of carbonyl (C=O) groups is 2. The molecule has 0 aromatic carbocycles. The van der Waals surface area contributed by atoms with Gasteiger partial charge in [0.2, 0.25) is 0 Å². The standard InChI is InChI=1S/C8H14NO6P/c1-3-8(9,4-2)5-14-6(10)7(11)15-16(12)13/h3-5,9H2,1-2H3/p+1. The Balaban J connectivity index is 4.16. The molecule has 7 nitrogen and oxygen atoms in total. The van der Waals surface area contributed by atoms with Crippen LogP contribution in [0.25, 0.3) is 0 Å². The summed E-state index contributed by atoms with van der Waals surface area (Å²) in [6, 6.07) is 0. The van der Waals surface area contributed by atoms with Gasteiger partial charge in [-0.1, -0.05) is 13.8 Å². The van der Waals surface area contributed by atoms with E-state index in [0.29, 0.717) is 12.8 Å². The van der Waals surface area contributed by atoms with E-state index in [0.717, 1.165) is 0 Å². The van der Waals surface area contributed by atoms with Crippen LogP contribution in [0.1, 0.15) is 26.7 Å². The quantitative estimate of drug-likeness (QED) is 0.409. The van der Waals surface area contributed by atoms with Crippen molar-refractivity contribution in [2.45, 2.75) is 32.2 Å². The topological polar surface area (TPSA) is 116 Å². The van der Waals surface area contributed by atoms with Gasteiger partial charge in [-0.25, -0.2) is 9.59 Å². The minimum absolute atomic E-state index is 0.143. The lowest BCUT2D eigenvalue weighted by Crippen LogP contribution is -2.44. The molecule has 0 aliphatic carbocycles. The number of carbonyl (C=O) groups excluding carboxylic acids is 2. The molecule has 0 heterocycles. The van der Waals surface area contributed by atoms with Crippen LogP contribution >= 0.6 is 8.25 Å². The van der Waals surface area contributed by atoms with E-state index in [4.69, 9.17) is 10.6 Å². The Bertz CT molecular complexity index is 288. The molecule has 16 heavy (non-hydrogen) atoms. The summed E-state index contributed by atoms with van der Waals surface area (Å²) >= 11 is 0. The molecule has 0 spiro atoms. The fourth-order valence-electron chi connectivity index (χ4n) is 0.831. The van der Waals surface area contributed by atoms with Crippen LogP contribution in [0.5, 0.6) is 0 Å². The smallest absolute Gasteiger partial charge is 0.455 e. The number of hydrogen-bond acceptors (Lipinski definition) is 6. The number of rotatable bonds is 5. The lowest BCUT2D eigenvalue weighted by Gasteiger charge is -2.25. The van der Waals surface area contributed by atoms with Gasteiger partial charge < -0.3 is 10.5 Å². The highest BCUT2D eigenvalue weighted by molar-refractivity contribution is 7.33. The third-order valence-electron chi connectivity index (χ3n) is 2.23. The molecule has 0 saturated heterocycles. The van der Waals surface area contributed by atoms with Crippen LogP contribution in [0.15, 0.2) is 0 Å². The number of esters is 1. The Labute approximate surface area is 93.9 Å². The molecule has 0 fully saturated rings. The van der Waals surface area contributed by atoms with Crippen molar-refractivity contribution in [3.63, 3.8) is 0 Å². The van der Waals surface area contributed by atoms with E-state index in [-0.39, 0.29) is 6.61 Å². The van der Waals surface area contributed by atoms with Gasteiger partial charge in [0, 0.05) is 10.1 Å². The third kappa shape index (κ3) is 5.16. The molecular weight excluding hydrogens is 237 g/mol. The Kier molecular flexibility index (Phi) is 6.10. The maximum atomic E-state index is 11.0. The predicted molar refractivity (Wildman–Crippen MR) is 54.4 cm³/mol. The van der Waals surface area contributed by atoms with Crippen LogP contribution in [-0.2, 0) is 23.4 Å². The zero-order valence-electron chi connectivity index (χ0n) is 9.13. The fraction of sp³-hybridized carbons (Fsp3) is 0.750. The summed E-state index contributed by atoms with van der Waals surface area (Å²) < 4.78 is 18.4. The summed E-state index contributed by atoms with van der Waals surface area (Å²) in [7, 11) is -3.15. The molecule has 3 N–H and O–H groups in total. The van der Waals surface area contributed by atoms with Gasteiger partial charge in [0.1, 0.15) is 6.61 Å². The van der Waals surface area contributed by atoms with Crippen LogP contribution in [0, 0.1) is 0 Å². The Morgan fingerprint density at radius 2 is 1.81 bits per heavy atom. The van der Waals surface area contributed by atoms with Gasteiger partial charge in [0.15, 0.2) is 0 Å². The average Bonchev–Trinajstić information content (AvgIpc) is 2.24. The molecule has 0 aromatic rings. The second-order valence-electron chi connectivity index (χ2n) is 3.26. The van der Waals surface area contributed by atoms with E-state index >= 15 is 0 Å². The van der Waals surface area contributed by atoms with Crippen molar-refractivity contribution < 1.29 is 28.3 Å². The summed E-state index contributed by atoms with van der Waals surface area (Å²) in [5.41, 5.74) is 5.11. The van der Waals surface area contributed by atoms with Gasteiger partial charge in [-0.05, 0) is 12.8 Å². The first-order valence-corrected chi connectivity index (χ1v) is 5.81. The van der Waals surface area contributed by atoms with Gasteiger partial charge in [-0.2, -0.15) is 4.52 Å². The first-order valence-electron chi connectivity index (χ1n) is 4.68. The Morgan fingerprint density at radius 3 is 2.19 bits per heavy atom. The van der Waals surface area contributed by atoms with Gasteiger partial charge in [0.05, 0.1) is 0 Å². The molecule has 0 rings (SSSR count). The molecule has 92 valence electrons. The number of ether oxygens (including phenoxy) is 1. The maximum absolute atomic E-state index is 11.0. The van der Waals surface area contributed by atoms with Crippen LogP contribution in [-0.4, -0.2) is 29.0 Å². The monoisotopic (exact) mass is 252 g/mol. The molecule has 1 unspecified atom stereocenters. The molecule has 0 saturated carbocycles. The van der Waals surface area contributed by atoms with Crippen molar-refractivity contribution in [1.29, 1.82) is 0 Å². The number of hydrogen-bond donors (Lipinski definition) is 2. The van der Waals surface area contributed by atoms with Crippen molar-refractivity contribution in [3.8, 4) is 0 Å². The predicted octanol–water partition coefficient (Wildman–Crippen LogP) is 0.240. The van der Waals surface area contributed by atoms with Gasteiger partial charge in [0.25, 0.3) is 0 Å². The highest BCUT2D eigenvalue weighted by atomic mass is 31.1. The largest absolute Gasteiger partial charge is 0.751 e. The molecule has 0 aliphatic rings. The molecule has 0 radical (unpaired) electrons. The van der Waals surface area contributed by atoms with Crippen molar-refractivity contribution in [3.05, 3.63) is 0 Å². The molecule has 0 bridgehead atoms. The summed E-state index contributed by atoms with van der Waals surface area (Å²) in [5, 5.41) is 0. The van der Waals surface area contributed by atoms with Gasteiger partial charge in [-0.15, -0.1) is 4.89 Å². The van der Waals surface area contributed by atoms with Crippen molar-refractivity contribution >= 4 is 20.2 Å². The van der Waals surface area contributed by atoms with Gasteiger partial charge >= 0.3 is 20.2 Å². The zero-order valence-corrected chi connectivity index (χ0v) is 10.0. The Hall–Kier alpha value is -1.04. The summed E-state index contributed by atoms with van der Waals surface area (Å²) in [4.78, 5) is 30.0. The zero-order chi connectivity index (χ0) is 12.8. The lowest BCUT2D eigenvalue weighted by atomic mass is 9.96. The fourth-order valence-corrected chi connectivity index (χ4v) is 1.05. The van der Waals surface area contributed by atoms with Crippen molar-refractivity contribution in [2.24, 2.45) is 5.73 Å². The molecular formula is C8H15NO6P+. The number of nitrogens with two attached hydrogens (primary N) is 1. The van der Waals surface area contributed by atoms with E-state index in [1.165, 1.54) is 0 Å². The van der Waals surface area contributed by atoms with Gasteiger partial charge in [-0.3, -0.25) is 0 Å². The SMILES string of the molecule is CCC(N)(CC)COC(=O)C(=O)O[P+](=O)O. The lowest BCUT2D eigenvalue weighted by molar-refractivity contribution is -0.163. The van der Waals surface area contributed by atoms with Crippen molar-refractivity contribution in [2.75, 3.05) is 6.61 Å². The highest BCUT2D eigenvalue weighted by Gasteiger charge is 2.31. The first-order chi connectivity index (χ1) is 7.34. The molecule has 8 heteroatoms. The Morgan fingerprint density at radius 1 is 1.31 bits per heavy atom. The van der Waals surface area contributed by atoms with E-state index < -0.39 is 25.7 Å². The minimum Gasteiger partial charge on any atom is -0.455 e. The van der Waals surface area contributed by atoms with Crippen LogP contribution in [0.4, 0.5) is 0 Å². The minimum atomic E-state index is -3.15. The third-order valence-corrected chi connectivity index (χ3v) is 2.55. The second kappa shape index (κ2) is 6.52. The van der Waals surface area contributed by atoms with E-state index in [1.807, 2.05) is 13.8 Å². The molecule has 0 aliphatic heterocycles. The van der Waals surface area contributed by atoms with Crippen molar-refractivity contribution in [1.82, 2.24) is 0 Å². The summed E-state index contributed by atoms with van der Waals surface area (Å²) in [6.07, 6.45) is 1.14. The average molecular weight is 252 g/mol. The molecule has 0 amide bonds. The van der Waals surface area contributed by atoms with Crippen LogP contribution in [0.2, 0.25) is 0 Å². The molecule has 0 aromatic heterocycles. The second-order valence-corrected chi connectivity index (χ2v) is 3.92. The highest BCUT2D eigenvalue weighted by Crippen LogP contribution is 2.16. The van der Waals surface area contributed by atoms with Crippen LogP contribution in [0.3, 0.4) is 0 Å². The van der Waals surface area contributed by atoms with E-state index in [9.17, 15) is 14.2 Å². The summed E-state index contributed by atoms with van der Waals surface area (Å²) in [5.74, 6) is -2.83.